The average molecular weight is 439 g/mol. The molecule has 3 heterocycles. The van der Waals surface area contributed by atoms with Gasteiger partial charge in [-0.05, 0) is 31.9 Å². The number of aryl methyl sites for hydroxylation is 1. The van der Waals surface area contributed by atoms with Crippen molar-refractivity contribution >= 4 is 33.2 Å². The van der Waals surface area contributed by atoms with Crippen molar-refractivity contribution in [3.63, 3.8) is 0 Å². The third-order valence-corrected chi connectivity index (χ3v) is 6.78. The van der Waals surface area contributed by atoms with Crippen LogP contribution in [0.4, 0.5) is 16.0 Å². The van der Waals surface area contributed by atoms with Crippen LogP contribution >= 0.6 is 11.3 Å². The molecule has 0 aliphatic heterocycles. The minimum Gasteiger partial charge on any atom is -0.496 e. The van der Waals surface area contributed by atoms with Crippen molar-refractivity contribution in [2.45, 2.75) is 45.1 Å². The number of nitrogens with zero attached hydrogens (tertiary/aromatic N) is 4. The zero-order valence-electron chi connectivity index (χ0n) is 18.5. The maximum Gasteiger partial charge on any atom is 0.227 e. The molecule has 4 aromatic rings. The predicted octanol–water partition coefficient (Wildman–Crippen LogP) is 6.26. The lowest BCUT2D eigenvalue weighted by molar-refractivity contribution is 0.329. The lowest BCUT2D eigenvalue weighted by Crippen LogP contribution is -2.12. The standard InChI is InChI=1S/C23H24FN5OS/c1-14-21(18-9-8-15(24)10-19(18)30-2)22-20(31-14)12-25-23(28-22)27-16-11-26-29(13-16)17-6-4-3-5-7-17/h8-13,17H,3-7H2,1-2H3,(H,25,27,28)/i12D. The molecule has 1 N–H and O–H groups in total. The average Bonchev–Trinajstić information content (AvgIpc) is 3.39. The first-order valence-corrected chi connectivity index (χ1v) is 11.3. The van der Waals surface area contributed by atoms with Crippen LogP contribution in [0.2, 0.25) is 0 Å². The van der Waals surface area contributed by atoms with Crippen LogP contribution in [0.3, 0.4) is 0 Å². The van der Waals surface area contributed by atoms with Gasteiger partial charge in [-0.15, -0.1) is 11.3 Å². The Balaban J connectivity index is 1.52. The second-order valence-corrected chi connectivity index (χ2v) is 9.07. The SMILES string of the molecule is [2H]c1nc(Nc2cnn(C3CCCCC3)c2)nc2c(-c3ccc(F)cc3OC)c(C)sc12. The summed E-state index contributed by atoms with van der Waals surface area (Å²) >= 11 is 1.46. The van der Waals surface area contributed by atoms with Gasteiger partial charge < -0.3 is 10.1 Å². The highest BCUT2D eigenvalue weighted by Crippen LogP contribution is 2.41. The molecule has 0 atom stereocenters. The summed E-state index contributed by atoms with van der Waals surface area (Å²) in [7, 11) is 1.52. The van der Waals surface area contributed by atoms with Gasteiger partial charge in [0.25, 0.3) is 0 Å². The molecule has 31 heavy (non-hydrogen) atoms. The van der Waals surface area contributed by atoms with E-state index in [1.807, 2.05) is 17.8 Å². The fraction of sp³-hybridized carbons (Fsp3) is 0.348. The van der Waals surface area contributed by atoms with Crippen molar-refractivity contribution in [2.75, 3.05) is 12.4 Å². The van der Waals surface area contributed by atoms with E-state index in [9.17, 15) is 4.39 Å². The number of anilines is 2. The van der Waals surface area contributed by atoms with E-state index in [0.29, 0.717) is 28.0 Å². The highest BCUT2D eigenvalue weighted by atomic mass is 32.1. The van der Waals surface area contributed by atoms with Crippen molar-refractivity contribution in [2.24, 2.45) is 0 Å². The summed E-state index contributed by atoms with van der Waals surface area (Å²) in [6, 6.07) is 4.89. The smallest absolute Gasteiger partial charge is 0.227 e. The number of thiophene rings is 1. The summed E-state index contributed by atoms with van der Waals surface area (Å²) < 4.78 is 30.3. The summed E-state index contributed by atoms with van der Waals surface area (Å²) in [6.07, 6.45) is 9.98. The first-order chi connectivity index (χ1) is 15.5. The molecule has 3 aromatic heterocycles. The molecule has 0 bridgehead atoms. The zero-order chi connectivity index (χ0) is 22.2. The number of fused-ring (bicyclic) bond motifs is 1. The van der Waals surface area contributed by atoms with Gasteiger partial charge in [0.15, 0.2) is 0 Å². The highest BCUT2D eigenvalue weighted by Gasteiger charge is 2.19. The Labute approximate surface area is 185 Å². The fourth-order valence-corrected chi connectivity index (χ4v) is 5.22. The number of hydrogen-bond donors (Lipinski definition) is 1. The summed E-state index contributed by atoms with van der Waals surface area (Å²) in [5.74, 6) is 0.406. The molecule has 1 fully saturated rings. The highest BCUT2D eigenvalue weighted by molar-refractivity contribution is 7.19. The Hall–Kier alpha value is -3.00. The quantitative estimate of drug-likeness (QED) is 0.398. The molecule has 0 unspecified atom stereocenters. The van der Waals surface area contributed by atoms with E-state index in [1.54, 1.807) is 12.3 Å². The lowest BCUT2D eigenvalue weighted by atomic mass is 9.96. The van der Waals surface area contributed by atoms with Crippen molar-refractivity contribution in [1.82, 2.24) is 19.7 Å². The Morgan fingerprint density at radius 1 is 1.29 bits per heavy atom. The molecule has 1 aliphatic carbocycles. The van der Waals surface area contributed by atoms with Gasteiger partial charge in [-0.25, -0.2) is 14.4 Å². The van der Waals surface area contributed by atoms with Gasteiger partial charge in [-0.3, -0.25) is 4.68 Å². The monoisotopic (exact) mass is 438 g/mol. The van der Waals surface area contributed by atoms with Crippen LogP contribution in [0.5, 0.6) is 5.75 Å². The van der Waals surface area contributed by atoms with Gasteiger partial charge >= 0.3 is 0 Å². The first-order valence-electron chi connectivity index (χ1n) is 11.0. The predicted molar refractivity (Wildman–Crippen MR) is 122 cm³/mol. The largest absolute Gasteiger partial charge is 0.496 e. The van der Waals surface area contributed by atoms with Gasteiger partial charge in [0, 0.05) is 28.3 Å². The number of nitrogens with one attached hydrogen (secondary N) is 1. The Morgan fingerprint density at radius 2 is 2.13 bits per heavy atom. The van der Waals surface area contributed by atoms with E-state index in [1.165, 1.54) is 49.8 Å². The van der Waals surface area contributed by atoms with E-state index in [4.69, 9.17) is 11.1 Å². The molecule has 1 saturated carbocycles. The lowest BCUT2D eigenvalue weighted by Gasteiger charge is -2.21. The first kappa shape index (κ1) is 18.7. The number of hydrogen-bond acceptors (Lipinski definition) is 6. The molecular weight excluding hydrogens is 413 g/mol. The minimum atomic E-state index is -0.365. The van der Waals surface area contributed by atoms with Gasteiger partial charge in [0.05, 0.1) is 42.8 Å². The second kappa shape index (κ2) is 8.26. The number of ether oxygens (including phenoxy) is 1. The van der Waals surface area contributed by atoms with E-state index in [-0.39, 0.29) is 12.0 Å². The van der Waals surface area contributed by atoms with E-state index < -0.39 is 0 Å². The van der Waals surface area contributed by atoms with E-state index in [2.05, 4.69) is 15.4 Å². The Morgan fingerprint density at radius 3 is 2.94 bits per heavy atom. The maximum atomic E-state index is 13.7. The van der Waals surface area contributed by atoms with Crippen LogP contribution < -0.4 is 10.1 Å². The molecular formula is C23H24FN5OS. The van der Waals surface area contributed by atoms with Gasteiger partial charge in [0.1, 0.15) is 11.6 Å². The Kier molecular flexibility index (Phi) is 5.00. The number of methoxy groups -OCH3 is 1. The van der Waals surface area contributed by atoms with Crippen molar-refractivity contribution in [1.29, 1.82) is 0 Å². The maximum absolute atomic E-state index is 13.7. The zero-order valence-corrected chi connectivity index (χ0v) is 18.3. The molecule has 1 aliphatic rings. The number of halogens is 1. The third-order valence-electron chi connectivity index (χ3n) is 5.78. The van der Waals surface area contributed by atoms with Crippen LogP contribution in [0.15, 0.2) is 36.8 Å². The van der Waals surface area contributed by atoms with Gasteiger partial charge in [0.2, 0.25) is 5.95 Å². The second-order valence-electron chi connectivity index (χ2n) is 7.84. The van der Waals surface area contributed by atoms with Crippen LogP contribution in [-0.4, -0.2) is 26.9 Å². The molecule has 0 amide bonds. The van der Waals surface area contributed by atoms with Gasteiger partial charge in [-0.1, -0.05) is 19.3 Å². The van der Waals surface area contributed by atoms with Crippen LogP contribution in [0, 0.1) is 12.7 Å². The number of benzene rings is 1. The normalized spacial score (nSPS) is 15.3. The van der Waals surface area contributed by atoms with Crippen LogP contribution in [0.25, 0.3) is 21.3 Å². The molecule has 5 rings (SSSR count). The minimum absolute atomic E-state index is 0.151. The fourth-order valence-electron chi connectivity index (χ4n) is 4.27. The topological polar surface area (TPSA) is 64.9 Å². The Bertz CT molecular complexity index is 1280. The van der Waals surface area contributed by atoms with Gasteiger partial charge in [-0.2, -0.15) is 5.10 Å². The van der Waals surface area contributed by atoms with E-state index >= 15 is 0 Å². The van der Waals surface area contributed by atoms with Crippen LogP contribution in [0.1, 0.15) is 44.4 Å². The van der Waals surface area contributed by atoms with Crippen LogP contribution in [-0.2, 0) is 0 Å². The molecule has 8 heteroatoms. The summed E-state index contributed by atoms with van der Waals surface area (Å²) in [6.45, 7) is 1.96. The molecule has 160 valence electrons. The summed E-state index contributed by atoms with van der Waals surface area (Å²) in [5, 5.41) is 7.73. The van der Waals surface area contributed by atoms with Crippen molar-refractivity contribution in [3.8, 4) is 16.9 Å². The molecule has 1 aromatic carbocycles. The summed E-state index contributed by atoms with van der Waals surface area (Å²) in [4.78, 5) is 10.0. The van der Waals surface area contributed by atoms with E-state index in [0.717, 1.165) is 34.5 Å². The molecule has 0 saturated heterocycles. The van der Waals surface area contributed by atoms with Crippen molar-refractivity contribution < 1.29 is 10.5 Å². The third kappa shape index (κ3) is 3.87. The molecule has 6 nitrogen and oxygen atoms in total. The summed E-state index contributed by atoms with van der Waals surface area (Å²) in [5.41, 5.74) is 3.02. The number of rotatable bonds is 5. The molecule has 0 radical (unpaired) electrons. The number of aromatic nitrogens is 4. The molecule has 0 spiro atoms. The van der Waals surface area contributed by atoms with Crippen molar-refractivity contribution in [3.05, 3.63) is 47.5 Å².